The van der Waals surface area contributed by atoms with Gasteiger partial charge in [0.15, 0.2) is 5.79 Å². The van der Waals surface area contributed by atoms with Gasteiger partial charge in [0, 0.05) is 18.2 Å². The summed E-state index contributed by atoms with van der Waals surface area (Å²) in [6.07, 6.45) is 0.592. The van der Waals surface area contributed by atoms with Gasteiger partial charge in [-0.25, -0.2) is 4.79 Å². The number of aromatic amines is 1. The van der Waals surface area contributed by atoms with Crippen molar-refractivity contribution < 1.29 is 28.3 Å². The number of hydrogen-bond donors (Lipinski definition) is 1. The Morgan fingerprint density at radius 3 is 2.67 bits per heavy atom. The molecule has 10 nitrogen and oxygen atoms in total. The van der Waals surface area contributed by atoms with Gasteiger partial charge >= 0.3 is 5.69 Å². The molecule has 1 saturated heterocycles. The van der Waals surface area contributed by atoms with Crippen LogP contribution in [0.3, 0.4) is 0 Å². The molecule has 0 bridgehead atoms. The highest BCUT2D eigenvalue weighted by molar-refractivity contribution is 7.43. The van der Waals surface area contributed by atoms with E-state index in [1.165, 1.54) is 16.8 Å². The largest absolute Gasteiger partial charge is 0.790 e. The van der Waals surface area contributed by atoms with Gasteiger partial charge in [-0.2, -0.15) is 0 Å². The van der Waals surface area contributed by atoms with E-state index in [4.69, 9.17) is 9.47 Å². The molecule has 1 saturated carbocycles. The van der Waals surface area contributed by atoms with Crippen molar-refractivity contribution in [1.29, 1.82) is 0 Å². The van der Waals surface area contributed by atoms with Crippen LogP contribution >= 0.6 is 7.82 Å². The summed E-state index contributed by atoms with van der Waals surface area (Å²) < 4.78 is 28.1. The molecule has 4 unspecified atom stereocenters. The number of phosphoric ester groups is 1. The molecule has 1 aliphatic carbocycles. The molecule has 2 aliphatic rings. The number of aromatic nitrogens is 2. The second-order valence-corrected chi connectivity index (χ2v) is 7.54. The van der Waals surface area contributed by atoms with Gasteiger partial charge in [0.2, 0.25) is 0 Å². The van der Waals surface area contributed by atoms with Crippen LogP contribution in [0.1, 0.15) is 26.3 Å². The topological polar surface area (TPSA) is 146 Å². The third-order valence-corrected chi connectivity index (χ3v) is 4.67. The Morgan fingerprint density at radius 2 is 2.04 bits per heavy atom. The van der Waals surface area contributed by atoms with Crippen molar-refractivity contribution in [1.82, 2.24) is 9.55 Å². The van der Waals surface area contributed by atoms with E-state index in [2.05, 4.69) is 9.51 Å². The molecule has 0 aromatic carbocycles. The zero-order chi connectivity index (χ0) is 17.7. The van der Waals surface area contributed by atoms with E-state index in [-0.39, 0.29) is 6.61 Å². The number of phosphoric acid groups is 1. The van der Waals surface area contributed by atoms with E-state index in [0.717, 1.165) is 0 Å². The second kappa shape index (κ2) is 5.91. The minimum Gasteiger partial charge on any atom is -0.790 e. The lowest BCUT2D eigenvalue weighted by Gasteiger charge is -2.31. The summed E-state index contributed by atoms with van der Waals surface area (Å²) in [6, 6.07) is 0.734. The van der Waals surface area contributed by atoms with Gasteiger partial charge in [-0.3, -0.25) is 14.3 Å². The molecule has 2 heterocycles. The minimum atomic E-state index is -5.11. The van der Waals surface area contributed by atoms with Crippen LogP contribution in [-0.4, -0.2) is 34.2 Å². The first-order valence-electron chi connectivity index (χ1n) is 7.39. The van der Waals surface area contributed by atoms with E-state index < -0.39 is 49.0 Å². The van der Waals surface area contributed by atoms with Crippen molar-refractivity contribution >= 4 is 7.82 Å². The van der Waals surface area contributed by atoms with E-state index in [1.807, 2.05) is 0 Å². The molecule has 0 radical (unpaired) electrons. The third-order valence-electron chi connectivity index (χ3n) is 4.21. The van der Waals surface area contributed by atoms with Crippen LogP contribution in [0.25, 0.3) is 0 Å². The lowest BCUT2D eigenvalue weighted by atomic mass is 10.1. The van der Waals surface area contributed by atoms with E-state index >= 15 is 0 Å². The summed E-state index contributed by atoms with van der Waals surface area (Å²) in [6.45, 7) is 3.05. The highest BCUT2D eigenvalue weighted by Gasteiger charge is 2.54. The van der Waals surface area contributed by atoms with Crippen LogP contribution in [0.4, 0.5) is 0 Å². The van der Waals surface area contributed by atoms with Crippen LogP contribution < -0.4 is 21.0 Å². The van der Waals surface area contributed by atoms with Crippen LogP contribution in [0, 0.1) is 5.92 Å². The summed E-state index contributed by atoms with van der Waals surface area (Å²) >= 11 is 0. The molecule has 1 aromatic heterocycles. The summed E-state index contributed by atoms with van der Waals surface area (Å²) in [4.78, 5) is 46.9. The molecule has 134 valence electrons. The highest BCUT2D eigenvalue weighted by atomic mass is 31.2. The zero-order valence-corrected chi connectivity index (χ0v) is 13.9. The molecule has 11 heteroatoms. The number of nitrogens with one attached hydrogen (secondary N) is 1. The Hall–Kier alpha value is -1.29. The van der Waals surface area contributed by atoms with Gasteiger partial charge in [-0.15, -0.1) is 0 Å². The Bertz CT molecular complexity index is 781. The first-order chi connectivity index (χ1) is 11.1. The molecule has 4 atom stereocenters. The summed E-state index contributed by atoms with van der Waals surface area (Å²) in [5, 5.41) is 0. The SMILES string of the molecule is CC1(C)OC2C(COP(=O)([O-])[O-])CC(n3ccc(=O)[nH]c3=O)C2O1. The monoisotopic (exact) mass is 360 g/mol. The number of hydrogen-bond acceptors (Lipinski definition) is 8. The average Bonchev–Trinajstić information content (AvgIpc) is 2.90. The number of nitrogens with zero attached hydrogens (tertiary/aromatic N) is 1. The van der Waals surface area contributed by atoms with E-state index in [0.29, 0.717) is 6.42 Å². The number of fused-ring (bicyclic) bond motifs is 1. The zero-order valence-electron chi connectivity index (χ0n) is 13.0. The Balaban J connectivity index is 1.89. The molecule has 0 amide bonds. The van der Waals surface area contributed by atoms with Gasteiger partial charge < -0.3 is 28.3 Å². The predicted molar refractivity (Wildman–Crippen MR) is 75.9 cm³/mol. The Kier molecular flexibility index (Phi) is 4.31. The molecule has 24 heavy (non-hydrogen) atoms. The molecular weight excluding hydrogens is 343 g/mol. The van der Waals surface area contributed by atoms with Gasteiger partial charge in [0.1, 0.15) is 6.10 Å². The number of rotatable bonds is 4. The molecule has 1 aromatic rings. The standard InChI is InChI=1S/C13H19N2O8P/c1-13(2)22-10-7(6-21-24(18,19)20)5-8(11(10)23-13)15-4-3-9(16)14-12(15)17/h3-4,7-8,10-11H,5-6H2,1-2H3,(H,14,16,17)(H2,18,19,20)/p-2. The Labute approximate surface area is 136 Å². The molecule has 3 rings (SSSR count). The van der Waals surface area contributed by atoms with Crippen LogP contribution in [0.5, 0.6) is 0 Å². The fourth-order valence-electron chi connectivity index (χ4n) is 3.37. The van der Waals surface area contributed by atoms with Crippen molar-refractivity contribution in [2.75, 3.05) is 6.61 Å². The average molecular weight is 360 g/mol. The van der Waals surface area contributed by atoms with Crippen LogP contribution in [0.15, 0.2) is 21.9 Å². The fourth-order valence-corrected chi connectivity index (χ4v) is 3.74. The summed E-state index contributed by atoms with van der Waals surface area (Å²) in [5.41, 5.74) is -1.12. The van der Waals surface area contributed by atoms with E-state index in [9.17, 15) is 23.9 Å². The first kappa shape index (κ1) is 17.5. The van der Waals surface area contributed by atoms with Crippen molar-refractivity contribution in [2.24, 2.45) is 5.92 Å². The van der Waals surface area contributed by atoms with Crippen molar-refractivity contribution in [3.63, 3.8) is 0 Å². The lowest BCUT2D eigenvalue weighted by molar-refractivity contribution is -0.342. The summed E-state index contributed by atoms with van der Waals surface area (Å²) in [5.74, 6) is -1.37. The molecule has 2 fully saturated rings. The van der Waals surface area contributed by atoms with Gasteiger partial charge in [-0.1, -0.05) is 0 Å². The second-order valence-electron chi connectivity index (χ2n) is 6.39. The highest BCUT2D eigenvalue weighted by Crippen LogP contribution is 2.47. The van der Waals surface area contributed by atoms with Crippen LogP contribution in [-0.2, 0) is 18.6 Å². The number of H-pyrrole nitrogens is 1. The first-order valence-corrected chi connectivity index (χ1v) is 8.85. The van der Waals surface area contributed by atoms with E-state index in [1.54, 1.807) is 13.8 Å². The van der Waals surface area contributed by atoms with Gasteiger partial charge in [-0.05, 0) is 20.3 Å². The number of ether oxygens (including phenoxy) is 2. The lowest BCUT2D eigenvalue weighted by Crippen LogP contribution is -2.36. The van der Waals surface area contributed by atoms with Crippen molar-refractivity contribution in [2.45, 2.75) is 44.3 Å². The van der Waals surface area contributed by atoms with Gasteiger partial charge in [0.05, 0.1) is 26.6 Å². The quantitative estimate of drug-likeness (QED) is 0.636. The third kappa shape index (κ3) is 3.53. The molecule has 1 aliphatic heterocycles. The Morgan fingerprint density at radius 1 is 1.38 bits per heavy atom. The predicted octanol–water partition coefficient (Wildman–Crippen LogP) is -1.54. The maximum atomic E-state index is 12.0. The molecule has 0 spiro atoms. The van der Waals surface area contributed by atoms with Crippen molar-refractivity contribution in [3.8, 4) is 0 Å². The van der Waals surface area contributed by atoms with Gasteiger partial charge in [0.25, 0.3) is 5.56 Å². The minimum absolute atomic E-state index is 0.303. The normalized spacial score (nSPS) is 32.0. The maximum Gasteiger partial charge on any atom is 0.328 e. The molecular formula is C13H17N2O8P-2. The summed E-state index contributed by atoms with van der Waals surface area (Å²) in [7, 11) is -5.11. The van der Waals surface area contributed by atoms with Crippen LogP contribution in [0.2, 0.25) is 0 Å². The fraction of sp³-hybridized carbons (Fsp3) is 0.692. The maximum absolute atomic E-state index is 12.0. The van der Waals surface area contributed by atoms with Crippen molar-refractivity contribution in [3.05, 3.63) is 33.1 Å². The smallest absolute Gasteiger partial charge is 0.328 e. The molecule has 1 N–H and O–H groups in total.